The fourth-order valence-electron chi connectivity index (χ4n) is 1.48. The molecule has 0 aliphatic heterocycles. The van der Waals surface area contributed by atoms with Crippen LogP contribution >= 0.6 is 11.5 Å². The molecule has 0 radical (unpaired) electrons. The second kappa shape index (κ2) is 6.49. The van der Waals surface area contributed by atoms with E-state index in [2.05, 4.69) is 28.5 Å². The summed E-state index contributed by atoms with van der Waals surface area (Å²) < 4.78 is 9.78. The van der Waals surface area contributed by atoms with Crippen LogP contribution in [0.15, 0.2) is 24.3 Å². The van der Waals surface area contributed by atoms with E-state index in [1.807, 2.05) is 24.3 Å². The molecule has 0 aliphatic carbocycles. The van der Waals surface area contributed by atoms with E-state index in [9.17, 15) is 0 Å². The third-order valence-electron chi connectivity index (χ3n) is 2.43. The van der Waals surface area contributed by atoms with Crippen LogP contribution in [0.25, 0.3) is 0 Å². The molecule has 0 fully saturated rings. The van der Waals surface area contributed by atoms with Gasteiger partial charge in [0.05, 0.1) is 0 Å². The summed E-state index contributed by atoms with van der Waals surface area (Å²) in [5, 5.41) is 4.02. The van der Waals surface area contributed by atoms with Crippen molar-refractivity contribution in [2.24, 2.45) is 5.73 Å². The van der Waals surface area contributed by atoms with Gasteiger partial charge in [-0.25, -0.2) is 4.98 Å². The van der Waals surface area contributed by atoms with E-state index in [-0.39, 0.29) is 0 Å². The summed E-state index contributed by atoms with van der Waals surface area (Å²) in [4.78, 5) is 4.43. The fourth-order valence-corrected chi connectivity index (χ4v) is 2.21. The van der Waals surface area contributed by atoms with Crippen molar-refractivity contribution in [3.8, 4) is 5.75 Å². The maximum atomic E-state index is 5.48. The van der Waals surface area contributed by atoms with Gasteiger partial charge in [0.1, 0.15) is 18.2 Å². The standard InChI is InChI=1S/C13H18N4OS/c1-9(2)12-16-13(19-17-12)15-10-4-3-5-11(8-10)18-7-6-14/h3-5,8-9H,6-7,14H2,1-2H3,(H,15,16,17). The van der Waals surface area contributed by atoms with Crippen LogP contribution in [0.3, 0.4) is 0 Å². The molecule has 0 aliphatic rings. The third-order valence-corrected chi connectivity index (χ3v) is 3.07. The van der Waals surface area contributed by atoms with Gasteiger partial charge in [0, 0.05) is 35.7 Å². The number of ether oxygens (including phenoxy) is 1. The number of nitrogens with two attached hydrogens (primary N) is 1. The quantitative estimate of drug-likeness (QED) is 0.850. The van der Waals surface area contributed by atoms with Gasteiger partial charge in [0.25, 0.3) is 0 Å². The Hall–Kier alpha value is -1.66. The Kier molecular flexibility index (Phi) is 4.70. The molecule has 19 heavy (non-hydrogen) atoms. The first kappa shape index (κ1) is 13.8. The highest BCUT2D eigenvalue weighted by Crippen LogP contribution is 2.24. The lowest BCUT2D eigenvalue weighted by atomic mass is 10.2. The molecule has 5 nitrogen and oxygen atoms in total. The van der Waals surface area contributed by atoms with Crippen molar-refractivity contribution in [1.29, 1.82) is 0 Å². The maximum Gasteiger partial charge on any atom is 0.207 e. The average molecular weight is 278 g/mol. The largest absolute Gasteiger partial charge is 0.492 e. The molecule has 0 unspecified atom stereocenters. The predicted molar refractivity (Wildman–Crippen MR) is 78.3 cm³/mol. The minimum absolute atomic E-state index is 0.339. The third kappa shape index (κ3) is 3.90. The van der Waals surface area contributed by atoms with Crippen molar-refractivity contribution in [2.75, 3.05) is 18.5 Å². The summed E-state index contributed by atoms with van der Waals surface area (Å²) in [6.07, 6.45) is 0. The number of rotatable bonds is 6. The molecule has 0 saturated heterocycles. The molecule has 0 atom stereocenters. The van der Waals surface area contributed by atoms with Crippen LogP contribution in [0.2, 0.25) is 0 Å². The first-order chi connectivity index (χ1) is 9.19. The van der Waals surface area contributed by atoms with E-state index in [1.54, 1.807) is 0 Å². The number of benzene rings is 1. The molecule has 0 saturated carbocycles. The average Bonchev–Trinajstić information content (AvgIpc) is 2.85. The van der Waals surface area contributed by atoms with Crippen LogP contribution in [0.5, 0.6) is 5.75 Å². The highest BCUT2D eigenvalue weighted by Gasteiger charge is 2.07. The molecule has 6 heteroatoms. The minimum atomic E-state index is 0.339. The first-order valence-electron chi connectivity index (χ1n) is 6.22. The predicted octanol–water partition coefficient (Wildman–Crippen LogP) is 2.74. The van der Waals surface area contributed by atoms with Gasteiger partial charge in [-0.05, 0) is 12.1 Å². The topological polar surface area (TPSA) is 73.1 Å². The van der Waals surface area contributed by atoms with E-state index < -0.39 is 0 Å². The molecular weight excluding hydrogens is 260 g/mol. The Labute approximate surface area is 117 Å². The summed E-state index contributed by atoms with van der Waals surface area (Å²) in [7, 11) is 0. The van der Waals surface area contributed by atoms with Crippen molar-refractivity contribution in [1.82, 2.24) is 9.36 Å². The molecule has 1 heterocycles. The second-order valence-corrected chi connectivity index (χ2v) is 5.15. The fraction of sp³-hybridized carbons (Fsp3) is 0.385. The maximum absolute atomic E-state index is 5.48. The zero-order chi connectivity index (χ0) is 13.7. The normalized spacial score (nSPS) is 10.7. The van der Waals surface area contributed by atoms with Crippen molar-refractivity contribution in [3.05, 3.63) is 30.1 Å². The number of hydrogen-bond donors (Lipinski definition) is 2. The van der Waals surface area contributed by atoms with Crippen LogP contribution in [0.1, 0.15) is 25.6 Å². The summed E-state index contributed by atoms with van der Waals surface area (Å²) >= 11 is 1.36. The van der Waals surface area contributed by atoms with E-state index in [4.69, 9.17) is 10.5 Å². The van der Waals surface area contributed by atoms with Crippen LogP contribution in [0.4, 0.5) is 10.8 Å². The molecule has 0 spiro atoms. The summed E-state index contributed by atoms with van der Waals surface area (Å²) in [6, 6.07) is 7.72. The molecule has 2 rings (SSSR count). The van der Waals surface area contributed by atoms with E-state index in [0.717, 1.165) is 22.4 Å². The monoisotopic (exact) mass is 278 g/mol. The van der Waals surface area contributed by atoms with Crippen molar-refractivity contribution in [3.63, 3.8) is 0 Å². The van der Waals surface area contributed by atoms with Gasteiger partial charge in [-0.2, -0.15) is 4.37 Å². The zero-order valence-corrected chi connectivity index (χ0v) is 11.9. The van der Waals surface area contributed by atoms with Crippen LogP contribution in [0, 0.1) is 0 Å². The second-order valence-electron chi connectivity index (χ2n) is 4.40. The number of hydrogen-bond acceptors (Lipinski definition) is 6. The molecular formula is C13H18N4OS. The highest BCUT2D eigenvalue weighted by atomic mass is 32.1. The van der Waals surface area contributed by atoms with Crippen molar-refractivity contribution >= 4 is 22.4 Å². The zero-order valence-electron chi connectivity index (χ0n) is 11.1. The minimum Gasteiger partial charge on any atom is -0.492 e. The molecule has 0 amide bonds. The summed E-state index contributed by atoms with van der Waals surface area (Å²) in [5.74, 6) is 2.00. The summed E-state index contributed by atoms with van der Waals surface area (Å²) in [6.45, 7) is 5.17. The molecule has 0 bridgehead atoms. The van der Waals surface area contributed by atoms with Gasteiger partial charge in [-0.3, -0.25) is 0 Å². The lowest BCUT2D eigenvalue weighted by Gasteiger charge is -2.07. The van der Waals surface area contributed by atoms with Crippen molar-refractivity contribution in [2.45, 2.75) is 19.8 Å². The first-order valence-corrected chi connectivity index (χ1v) is 7.00. The Balaban J connectivity index is 2.05. The van der Waals surface area contributed by atoms with Gasteiger partial charge in [0.2, 0.25) is 5.13 Å². The van der Waals surface area contributed by atoms with Gasteiger partial charge in [-0.1, -0.05) is 19.9 Å². The van der Waals surface area contributed by atoms with E-state index >= 15 is 0 Å². The lowest BCUT2D eigenvalue weighted by molar-refractivity contribution is 0.328. The lowest BCUT2D eigenvalue weighted by Crippen LogP contribution is -2.10. The van der Waals surface area contributed by atoms with Gasteiger partial charge < -0.3 is 15.8 Å². The van der Waals surface area contributed by atoms with Gasteiger partial charge in [-0.15, -0.1) is 0 Å². The molecule has 1 aromatic carbocycles. The van der Waals surface area contributed by atoms with Gasteiger partial charge >= 0.3 is 0 Å². The SMILES string of the molecule is CC(C)c1nsc(Nc2cccc(OCCN)c2)n1. The molecule has 2 aromatic rings. The molecule has 3 N–H and O–H groups in total. The van der Waals surface area contributed by atoms with Crippen LogP contribution < -0.4 is 15.8 Å². The van der Waals surface area contributed by atoms with E-state index in [0.29, 0.717) is 19.1 Å². The molecule has 102 valence electrons. The Bertz CT molecular complexity index is 527. The van der Waals surface area contributed by atoms with Crippen LogP contribution in [-0.4, -0.2) is 22.5 Å². The smallest absolute Gasteiger partial charge is 0.207 e. The van der Waals surface area contributed by atoms with Crippen LogP contribution in [-0.2, 0) is 0 Å². The Morgan fingerprint density at radius 2 is 2.26 bits per heavy atom. The number of anilines is 2. The Morgan fingerprint density at radius 3 is 2.95 bits per heavy atom. The number of aromatic nitrogens is 2. The number of nitrogens with one attached hydrogen (secondary N) is 1. The molecule has 1 aromatic heterocycles. The number of nitrogens with zero attached hydrogens (tertiary/aromatic N) is 2. The van der Waals surface area contributed by atoms with E-state index in [1.165, 1.54) is 11.5 Å². The van der Waals surface area contributed by atoms with Gasteiger partial charge in [0.15, 0.2) is 0 Å². The Morgan fingerprint density at radius 1 is 1.42 bits per heavy atom. The van der Waals surface area contributed by atoms with Crippen molar-refractivity contribution < 1.29 is 4.74 Å². The summed E-state index contributed by atoms with van der Waals surface area (Å²) in [5.41, 5.74) is 6.34. The highest BCUT2D eigenvalue weighted by molar-refractivity contribution is 7.09.